The SMILES string of the molecule is CC(C)N(Cc1cccs1)c1nccc(C(=O)O)c1Cl. The van der Waals surface area contributed by atoms with E-state index in [1.54, 1.807) is 11.3 Å². The molecule has 6 heteroatoms. The zero-order chi connectivity index (χ0) is 14.7. The molecule has 0 unspecified atom stereocenters. The minimum absolute atomic E-state index is 0.0773. The summed E-state index contributed by atoms with van der Waals surface area (Å²) in [5, 5.41) is 11.3. The summed E-state index contributed by atoms with van der Waals surface area (Å²) < 4.78 is 0. The van der Waals surface area contributed by atoms with Gasteiger partial charge in [-0.25, -0.2) is 9.78 Å². The molecule has 0 spiro atoms. The lowest BCUT2D eigenvalue weighted by molar-refractivity contribution is 0.0697. The highest BCUT2D eigenvalue weighted by Gasteiger charge is 2.20. The van der Waals surface area contributed by atoms with E-state index in [0.29, 0.717) is 12.4 Å². The number of pyridine rings is 1. The lowest BCUT2D eigenvalue weighted by Crippen LogP contribution is -2.31. The molecule has 0 aliphatic heterocycles. The molecule has 0 fully saturated rings. The number of carboxylic acid groups (broad SMARTS) is 1. The Balaban J connectivity index is 2.39. The van der Waals surface area contributed by atoms with E-state index in [1.165, 1.54) is 17.1 Å². The van der Waals surface area contributed by atoms with Crippen LogP contribution in [-0.2, 0) is 6.54 Å². The molecule has 0 saturated carbocycles. The van der Waals surface area contributed by atoms with Gasteiger partial charge in [0.15, 0.2) is 0 Å². The molecule has 0 amide bonds. The Kier molecular flexibility index (Phi) is 4.62. The van der Waals surface area contributed by atoms with Crippen LogP contribution in [0.4, 0.5) is 5.82 Å². The van der Waals surface area contributed by atoms with Crippen molar-refractivity contribution in [1.82, 2.24) is 4.98 Å². The second-order valence-corrected chi connectivity index (χ2v) is 6.01. The molecular weight excluding hydrogens is 296 g/mol. The molecule has 0 aliphatic carbocycles. The predicted molar refractivity (Wildman–Crippen MR) is 81.8 cm³/mol. The molecule has 106 valence electrons. The minimum Gasteiger partial charge on any atom is -0.478 e. The molecule has 2 aromatic rings. The summed E-state index contributed by atoms with van der Waals surface area (Å²) in [4.78, 5) is 18.6. The van der Waals surface area contributed by atoms with Crippen LogP contribution in [0, 0.1) is 0 Å². The summed E-state index contributed by atoms with van der Waals surface area (Å²) in [5.74, 6) is -0.534. The van der Waals surface area contributed by atoms with E-state index in [2.05, 4.69) is 4.98 Å². The van der Waals surface area contributed by atoms with Crippen molar-refractivity contribution in [2.24, 2.45) is 0 Å². The van der Waals surface area contributed by atoms with E-state index in [4.69, 9.17) is 16.7 Å². The van der Waals surface area contributed by atoms with E-state index in [1.807, 2.05) is 36.3 Å². The molecule has 0 saturated heterocycles. The average molecular weight is 311 g/mol. The molecule has 0 aliphatic rings. The highest BCUT2D eigenvalue weighted by Crippen LogP contribution is 2.30. The van der Waals surface area contributed by atoms with Gasteiger partial charge in [-0.15, -0.1) is 11.3 Å². The van der Waals surface area contributed by atoms with Crippen LogP contribution >= 0.6 is 22.9 Å². The van der Waals surface area contributed by atoms with Gasteiger partial charge in [0.1, 0.15) is 5.82 Å². The Labute approximate surface area is 126 Å². The van der Waals surface area contributed by atoms with Crippen molar-refractivity contribution < 1.29 is 9.90 Å². The first-order valence-electron chi connectivity index (χ1n) is 6.17. The Morgan fingerprint density at radius 3 is 2.80 bits per heavy atom. The number of hydrogen-bond donors (Lipinski definition) is 1. The number of anilines is 1. The summed E-state index contributed by atoms with van der Waals surface area (Å²) in [7, 11) is 0. The Bertz CT molecular complexity index is 599. The van der Waals surface area contributed by atoms with Crippen LogP contribution in [-0.4, -0.2) is 22.1 Å². The van der Waals surface area contributed by atoms with Gasteiger partial charge < -0.3 is 10.0 Å². The Morgan fingerprint density at radius 1 is 1.50 bits per heavy atom. The first-order valence-corrected chi connectivity index (χ1v) is 7.43. The third-order valence-corrected chi connectivity index (χ3v) is 4.14. The number of thiophene rings is 1. The van der Waals surface area contributed by atoms with Gasteiger partial charge in [0, 0.05) is 17.1 Å². The molecule has 2 aromatic heterocycles. The monoisotopic (exact) mass is 310 g/mol. The van der Waals surface area contributed by atoms with Gasteiger partial charge in [0.05, 0.1) is 17.1 Å². The molecule has 20 heavy (non-hydrogen) atoms. The number of nitrogens with zero attached hydrogens (tertiary/aromatic N) is 2. The first kappa shape index (κ1) is 14.8. The number of aromatic nitrogens is 1. The fourth-order valence-corrected chi connectivity index (χ4v) is 2.87. The van der Waals surface area contributed by atoms with Crippen molar-refractivity contribution in [3.8, 4) is 0 Å². The zero-order valence-electron chi connectivity index (χ0n) is 11.2. The largest absolute Gasteiger partial charge is 0.478 e. The quantitative estimate of drug-likeness (QED) is 0.909. The van der Waals surface area contributed by atoms with Crippen molar-refractivity contribution in [3.05, 3.63) is 45.2 Å². The summed E-state index contributed by atoms with van der Waals surface area (Å²) in [5.41, 5.74) is 0.0773. The summed E-state index contributed by atoms with van der Waals surface area (Å²) in [6, 6.07) is 5.60. The number of halogens is 1. The smallest absolute Gasteiger partial charge is 0.337 e. The van der Waals surface area contributed by atoms with Gasteiger partial charge in [-0.1, -0.05) is 17.7 Å². The minimum atomic E-state index is -1.04. The Hall–Kier alpha value is -1.59. The van der Waals surface area contributed by atoms with Crippen molar-refractivity contribution in [1.29, 1.82) is 0 Å². The van der Waals surface area contributed by atoms with Crippen LogP contribution in [0.2, 0.25) is 5.02 Å². The maximum absolute atomic E-state index is 11.2. The fraction of sp³-hybridized carbons (Fsp3) is 0.286. The standard InChI is InChI=1S/C14H15ClN2O2S/c1-9(2)17(8-10-4-3-7-20-10)13-12(15)11(14(18)19)5-6-16-13/h3-7,9H,8H2,1-2H3,(H,18,19). The van der Waals surface area contributed by atoms with Crippen LogP contribution < -0.4 is 4.90 Å². The fourth-order valence-electron chi connectivity index (χ4n) is 1.87. The number of aromatic carboxylic acids is 1. The van der Waals surface area contributed by atoms with Gasteiger partial charge in [0.2, 0.25) is 0 Å². The molecular formula is C14H15ClN2O2S. The Morgan fingerprint density at radius 2 is 2.25 bits per heavy atom. The van der Waals surface area contributed by atoms with E-state index in [0.717, 1.165) is 0 Å². The molecule has 2 heterocycles. The van der Waals surface area contributed by atoms with Crippen molar-refractivity contribution in [2.75, 3.05) is 4.90 Å². The molecule has 0 atom stereocenters. The van der Waals surface area contributed by atoms with E-state index in [-0.39, 0.29) is 16.6 Å². The van der Waals surface area contributed by atoms with Crippen molar-refractivity contribution >= 4 is 34.7 Å². The van der Waals surface area contributed by atoms with Crippen molar-refractivity contribution in [3.63, 3.8) is 0 Å². The van der Waals surface area contributed by atoms with Gasteiger partial charge in [-0.3, -0.25) is 0 Å². The van der Waals surface area contributed by atoms with Crippen LogP contribution in [0.25, 0.3) is 0 Å². The second-order valence-electron chi connectivity index (χ2n) is 4.60. The van der Waals surface area contributed by atoms with Crippen LogP contribution in [0.5, 0.6) is 0 Å². The van der Waals surface area contributed by atoms with Crippen molar-refractivity contribution in [2.45, 2.75) is 26.4 Å². The number of carboxylic acids is 1. The lowest BCUT2D eigenvalue weighted by atomic mass is 10.2. The maximum atomic E-state index is 11.2. The summed E-state index contributed by atoms with van der Waals surface area (Å²) in [6.45, 7) is 4.71. The van der Waals surface area contributed by atoms with E-state index >= 15 is 0 Å². The molecule has 0 aromatic carbocycles. The van der Waals surface area contributed by atoms with Gasteiger partial charge in [0.25, 0.3) is 0 Å². The van der Waals surface area contributed by atoms with E-state index < -0.39 is 5.97 Å². The number of carbonyl (C=O) groups is 1. The number of hydrogen-bond acceptors (Lipinski definition) is 4. The van der Waals surface area contributed by atoms with Crippen LogP contribution in [0.15, 0.2) is 29.8 Å². The third kappa shape index (κ3) is 3.11. The molecule has 0 radical (unpaired) electrons. The number of rotatable bonds is 5. The highest BCUT2D eigenvalue weighted by molar-refractivity contribution is 7.09. The molecule has 4 nitrogen and oxygen atoms in total. The summed E-state index contributed by atoms with van der Waals surface area (Å²) >= 11 is 7.85. The maximum Gasteiger partial charge on any atom is 0.337 e. The second kappa shape index (κ2) is 6.24. The topological polar surface area (TPSA) is 53.4 Å². The first-order chi connectivity index (χ1) is 9.50. The molecule has 2 rings (SSSR count). The molecule has 1 N–H and O–H groups in total. The average Bonchev–Trinajstić information content (AvgIpc) is 2.89. The zero-order valence-corrected chi connectivity index (χ0v) is 12.8. The van der Waals surface area contributed by atoms with Crippen LogP contribution in [0.1, 0.15) is 29.1 Å². The van der Waals surface area contributed by atoms with Gasteiger partial charge in [-0.2, -0.15) is 0 Å². The van der Waals surface area contributed by atoms with Gasteiger partial charge in [-0.05, 0) is 31.4 Å². The van der Waals surface area contributed by atoms with Crippen LogP contribution in [0.3, 0.4) is 0 Å². The normalized spacial score (nSPS) is 10.8. The van der Waals surface area contributed by atoms with E-state index in [9.17, 15) is 4.79 Å². The van der Waals surface area contributed by atoms with Gasteiger partial charge >= 0.3 is 5.97 Å². The lowest BCUT2D eigenvalue weighted by Gasteiger charge is -2.28. The summed E-state index contributed by atoms with van der Waals surface area (Å²) in [6.07, 6.45) is 1.48. The predicted octanol–water partition coefficient (Wildman–Crippen LogP) is 3.91. The highest BCUT2D eigenvalue weighted by atomic mass is 35.5. The third-order valence-electron chi connectivity index (χ3n) is 2.90. The molecule has 0 bridgehead atoms.